The number of unbranched alkanes of at least 4 members (excludes halogenated alkanes) is 2. The molecule has 172 valence electrons. The number of nitrogens with zero attached hydrogens (tertiary/aromatic N) is 1. The number of nitrogens with one attached hydrogen (secondary N) is 1. The third kappa shape index (κ3) is 7.00. The maximum absolute atomic E-state index is 12.8. The topological polar surface area (TPSA) is 75.7 Å². The first-order valence-corrected chi connectivity index (χ1v) is 11.9. The number of amides is 2. The van der Waals surface area contributed by atoms with Gasteiger partial charge in [-0.1, -0.05) is 60.2 Å². The minimum absolute atomic E-state index is 0.00869. The Bertz CT molecular complexity index is 1060. The first-order chi connectivity index (χ1) is 15.9. The van der Waals surface area contributed by atoms with Crippen LogP contribution in [0.2, 0.25) is 0 Å². The molecule has 1 fully saturated rings. The number of thioether (sulfide) groups is 1. The first kappa shape index (κ1) is 24.7. The second-order valence-electron chi connectivity index (χ2n) is 7.67. The molecule has 0 aliphatic carbocycles. The van der Waals surface area contributed by atoms with E-state index < -0.39 is 5.97 Å². The van der Waals surface area contributed by atoms with Gasteiger partial charge in [-0.25, -0.2) is 4.79 Å². The van der Waals surface area contributed by atoms with Crippen LogP contribution in [0, 0.1) is 6.92 Å². The summed E-state index contributed by atoms with van der Waals surface area (Å²) in [5.74, 6) is -0.523. The highest BCUT2D eigenvalue weighted by atomic mass is 32.2. The molecule has 1 saturated heterocycles. The highest BCUT2D eigenvalue weighted by molar-refractivity contribution is 8.26. The van der Waals surface area contributed by atoms with Crippen LogP contribution in [0.5, 0.6) is 0 Å². The minimum atomic E-state index is -0.402. The van der Waals surface area contributed by atoms with Gasteiger partial charge < -0.3 is 10.1 Å². The molecule has 3 rings (SSSR count). The fourth-order valence-corrected chi connectivity index (χ4v) is 4.58. The third-order valence-corrected chi connectivity index (χ3v) is 6.50. The number of hydrogen-bond acceptors (Lipinski definition) is 6. The van der Waals surface area contributed by atoms with E-state index >= 15 is 0 Å². The molecule has 1 aliphatic rings. The third-order valence-electron chi connectivity index (χ3n) is 5.12. The molecule has 0 atom stereocenters. The summed E-state index contributed by atoms with van der Waals surface area (Å²) in [5, 5.41) is 2.90. The standard InChI is InChI=1S/C25H26N2O4S2/c1-17-7-13-20(14-8-17)26-22(28)6-4-3-5-15-27-23(29)21(33-25(27)32)16-18-9-11-19(12-10-18)24(30)31-2/h7-14,16H,3-6,15H2,1-2H3,(H,26,28). The van der Waals surface area contributed by atoms with Gasteiger partial charge in [0.25, 0.3) is 5.91 Å². The van der Waals surface area contributed by atoms with Crippen molar-refractivity contribution in [3.63, 3.8) is 0 Å². The molecular formula is C25H26N2O4S2. The molecule has 1 aliphatic heterocycles. The lowest BCUT2D eigenvalue weighted by Crippen LogP contribution is -2.29. The van der Waals surface area contributed by atoms with Crippen molar-refractivity contribution in [3.05, 3.63) is 70.1 Å². The van der Waals surface area contributed by atoms with Gasteiger partial charge in [-0.3, -0.25) is 14.5 Å². The summed E-state index contributed by atoms with van der Waals surface area (Å²) in [6, 6.07) is 14.6. The Morgan fingerprint density at radius 3 is 2.42 bits per heavy atom. The van der Waals surface area contributed by atoms with Crippen molar-refractivity contribution in [1.82, 2.24) is 4.90 Å². The number of rotatable bonds is 9. The van der Waals surface area contributed by atoms with Gasteiger partial charge in [-0.05, 0) is 55.7 Å². The van der Waals surface area contributed by atoms with E-state index in [1.54, 1.807) is 35.2 Å². The molecule has 33 heavy (non-hydrogen) atoms. The predicted molar refractivity (Wildman–Crippen MR) is 136 cm³/mol. The summed E-state index contributed by atoms with van der Waals surface area (Å²) in [5.41, 5.74) is 3.21. The van der Waals surface area contributed by atoms with Crippen molar-refractivity contribution in [3.8, 4) is 0 Å². The van der Waals surface area contributed by atoms with Crippen molar-refractivity contribution in [2.24, 2.45) is 0 Å². The van der Waals surface area contributed by atoms with Gasteiger partial charge in [0.2, 0.25) is 5.91 Å². The van der Waals surface area contributed by atoms with E-state index in [1.165, 1.54) is 18.9 Å². The quantitative estimate of drug-likeness (QED) is 0.230. The van der Waals surface area contributed by atoms with E-state index in [4.69, 9.17) is 17.0 Å². The molecule has 1 N–H and O–H groups in total. The van der Waals surface area contributed by atoms with Crippen molar-refractivity contribution in [2.45, 2.75) is 32.6 Å². The Balaban J connectivity index is 1.43. The molecule has 0 saturated carbocycles. The Labute approximate surface area is 203 Å². The first-order valence-electron chi connectivity index (χ1n) is 10.7. The molecule has 1 heterocycles. The minimum Gasteiger partial charge on any atom is -0.465 e. The van der Waals surface area contributed by atoms with Crippen molar-refractivity contribution in [1.29, 1.82) is 0 Å². The van der Waals surface area contributed by atoms with E-state index in [9.17, 15) is 14.4 Å². The van der Waals surface area contributed by atoms with Crippen LogP contribution in [-0.2, 0) is 14.3 Å². The normalized spacial score (nSPS) is 14.6. The van der Waals surface area contributed by atoms with E-state index in [0.717, 1.165) is 36.1 Å². The number of carbonyl (C=O) groups is 3. The number of anilines is 1. The lowest BCUT2D eigenvalue weighted by Gasteiger charge is -2.14. The molecule has 0 radical (unpaired) electrons. The summed E-state index contributed by atoms with van der Waals surface area (Å²) in [6.07, 6.45) is 4.55. The van der Waals surface area contributed by atoms with Crippen LogP contribution in [0.3, 0.4) is 0 Å². The molecule has 2 aromatic rings. The van der Waals surface area contributed by atoms with Crippen molar-refractivity contribution in [2.75, 3.05) is 19.0 Å². The molecule has 6 nitrogen and oxygen atoms in total. The van der Waals surface area contributed by atoms with E-state index in [2.05, 4.69) is 5.32 Å². The van der Waals surface area contributed by atoms with Gasteiger partial charge >= 0.3 is 5.97 Å². The number of hydrogen-bond donors (Lipinski definition) is 1. The number of esters is 1. The maximum atomic E-state index is 12.8. The summed E-state index contributed by atoms with van der Waals surface area (Å²) >= 11 is 6.66. The highest BCUT2D eigenvalue weighted by Crippen LogP contribution is 2.32. The van der Waals surface area contributed by atoms with Gasteiger partial charge in [0.15, 0.2) is 0 Å². The van der Waals surface area contributed by atoms with Crippen LogP contribution in [0.1, 0.15) is 47.2 Å². The number of benzene rings is 2. The van der Waals surface area contributed by atoms with Gasteiger partial charge in [0.05, 0.1) is 17.6 Å². The van der Waals surface area contributed by atoms with Crippen LogP contribution in [0.4, 0.5) is 5.69 Å². The monoisotopic (exact) mass is 482 g/mol. The van der Waals surface area contributed by atoms with E-state index in [-0.39, 0.29) is 11.8 Å². The highest BCUT2D eigenvalue weighted by Gasteiger charge is 2.31. The average molecular weight is 483 g/mol. The van der Waals surface area contributed by atoms with Crippen LogP contribution >= 0.6 is 24.0 Å². The van der Waals surface area contributed by atoms with E-state index in [0.29, 0.717) is 27.8 Å². The number of aryl methyl sites for hydroxylation is 1. The van der Waals surface area contributed by atoms with Crippen molar-refractivity contribution < 1.29 is 19.1 Å². The second-order valence-corrected chi connectivity index (χ2v) is 9.35. The zero-order chi connectivity index (χ0) is 23.8. The number of methoxy groups -OCH3 is 1. The lowest BCUT2D eigenvalue weighted by molar-refractivity contribution is -0.122. The SMILES string of the molecule is COC(=O)c1ccc(C=C2SC(=S)N(CCCCCC(=O)Nc3ccc(C)cc3)C2=O)cc1. The Morgan fingerprint density at radius 1 is 1.06 bits per heavy atom. The number of ether oxygens (including phenoxy) is 1. The van der Waals surface area contributed by atoms with Crippen LogP contribution in [0.25, 0.3) is 6.08 Å². The lowest BCUT2D eigenvalue weighted by atomic mass is 10.1. The van der Waals surface area contributed by atoms with E-state index in [1.807, 2.05) is 31.2 Å². The summed E-state index contributed by atoms with van der Waals surface area (Å²) < 4.78 is 5.23. The predicted octanol–water partition coefficient (Wildman–Crippen LogP) is 5.18. The molecule has 2 amide bonds. The van der Waals surface area contributed by atoms with Crippen LogP contribution in [0.15, 0.2) is 53.4 Å². The second kappa shape index (κ2) is 11.8. The van der Waals surface area contributed by atoms with Crippen LogP contribution < -0.4 is 5.32 Å². The molecule has 0 bridgehead atoms. The number of thiocarbonyl (C=S) groups is 1. The summed E-state index contributed by atoms with van der Waals surface area (Å²) in [6.45, 7) is 2.53. The largest absolute Gasteiger partial charge is 0.465 e. The summed E-state index contributed by atoms with van der Waals surface area (Å²) in [7, 11) is 1.34. The summed E-state index contributed by atoms with van der Waals surface area (Å²) in [4.78, 5) is 38.5. The van der Waals surface area contributed by atoms with Gasteiger partial charge in [0.1, 0.15) is 4.32 Å². The van der Waals surface area contributed by atoms with Gasteiger partial charge in [-0.15, -0.1) is 0 Å². The maximum Gasteiger partial charge on any atom is 0.337 e. The Hall–Kier alpha value is -2.97. The van der Waals surface area contributed by atoms with Gasteiger partial charge in [-0.2, -0.15) is 0 Å². The zero-order valence-corrected chi connectivity index (χ0v) is 20.3. The van der Waals surface area contributed by atoms with Gasteiger partial charge in [0, 0.05) is 18.7 Å². The van der Waals surface area contributed by atoms with Crippen molar-refractivity contribution >= 4 is 57.8 Å². The Morgan fingerprint density at radius 2 is 1.76 bits per heavy atom. The average Bonchev–Trinajstić information content (AvgIpc) is 3.07. The van der Waals surface area contributed by atoms with Crippen LogP contribution in [-0.4, -0.2) is 40.7 Å². The zero-order valence-electron chi connectivity index (χ0n) is 18.6. The fraction of sp³-hybridized carbons (Fsp3) is 0.280. The number of carbonyl (C=O) groups excluding carboxylic acids is 3. The molecule has 0 aromatic heterocycles. The molecule has 8 heteroatoms. The molecule has 2 aromatic carbocycles. The molecule has 0 spiro atoms. The Kier molecular flexibility index (Phi) is 8.79. The molecular weight excluding hydrogens is 456 g/mol. The smallest absolute Gasteiger partial charge is 0.337 e. The molecule has 0 unspecified atom stereocenters. The fourth-order valence-electron chi connectivity index (χ4n) is 3.27.